The molecule has 0 N–H and O–H groups in total. The number of carbonyl (C=O) groups is 2. The first kappa shape index (κ1) is 17.0. The first-order valence-corrected chi connectivity index (χ1v) is 8.10. The van der Waals surface area contributed by atoms with Crippen LogP contribution in [0.25, 0.3) is 0 Å². The Morgan fingerprint density at radius 3 is 2.71 bits per heavy atom. The SMILES string of the molecule is CC(C)Oc1cc(N2C(=O)CC3[C@H](F)CCN3C2=O)c(F)cc1Cl. The van der Waals surface area contributed by atoms with E-state index in [0.29, 0.717) is 0 Å². The first-order chi connectivity index (χ1) is 11.3. The highest BCUT2D eigenvalue weighted by Gasteiger charge is 2.47. The fourth-order valence-electron chi connectivity index (χ4n) is 3.07. The number of halogens is 3. The van der Waals surface area contributed by atoms with Gasteiger partial charge in [0, 0.05) is 12.6 Å². The van der Waals surface area contributed by atoms with Crippen LogP contribution in [-0.4, -0.2) is 41.7 Å². The van der Waals surface area contributed by atoms with Crippen LogP contribution in [0, 0.1) is 5.82 Å². The van der Waals surface area contributed by atoms with Crippen molar-refractivity contribution in [3.05, 3.63) is 23.0 Å². The molecule has 3 rings (SSSR count). The van der Waals surface area contributed by atoms with Gasteiger partial charge in [-0.25, -0.2) is 18.5 Å². The topological polar surface area (TPSA) is 49.9 Å². The molecule has 2 atom stereocenters. The van der Waals surface area contributed by atoms with Crippen molar-refractivity contribution >= 4 is 29.2 Å². The van der Waals surface area contributed by atoms with Crippen LogP contribution in [0.1, 0.15) is 26.7 Å². The molecule has 0 saturated carbocycles. The zero-order valence-electron chi connectivity index (χ0n) is 13.3. The van der Waals surface area contributed by atoms with E-state index in [0.717, 1.165) is 11.0 Å². The van der Waals surface area contributed by atoms with E-state index in [1.807, 2.05) is 0 Å². The van der Waals surface area contributed by atoms with Crippen molar-refractivity contribution in [1.82, 2.24) is 4.90 Å². The Kier molecular flexibility index (Phi) is 4.38. The monoisotopic (exact) mass is 358 g/mol. The van der Waals surface area contributed by atoms with Crippen molar-refractivity contribution in [2.24, 2.45) is 0 Å². The number of urea groups is 1. The highest BCUT2D eigenvalue weighted by molar-refractivity contribution is 6.32. The molecule has 130 valence electrons. The minimum absolute atomic E-state index is 0.0460. The van der Waals surface area contributed by atoms with E-state index < -0.39 is 30.0 Å². The molecule has 2 aliphatic rings. The Morgan fingerprint density at radius 1 is 1.33 bits per heavy atom. The van der Waals surface area contributed by atoms with Gasteiger partial charge in [0.25, 0.3) is 0 Å². The van der Waals surface area contributed by atoms with Gasteiger partial charge in [-0.3, -0.25) is 4.79 Å². The van der Waals surface area contributed by atoms with Crippen LogP contribution in [0.3, 0.4) is 0 Å². The summed E-state index contributed by atoms with van der Waals surface area (Å²) < 4.78 is 33.6. The third-order valence-electron chi connectivity index (χ3n) is 4.14. The van der Waals surface area contributed by atoms with Crippen LogP contribution >= 0.6 is 11.6 Å². The molecule has 0 bridgehead atoms. The third kappa shape index (κ3) is 2.81. The van der Waals surface area contributed by atoms with E-state index in [9.17, 15) is 18.4 Å². The van der Waals surface area contributed by atoms with Crippen LogP contribution in [0.4, 0.5) is 19.3 Å². The van der Waals surface area contributed by atoms with Crippen LogP contribution in [0.5, 0.6) is 5.75 Å². The molecule has 2 aliphatic heterocycles. The van der Waals surface area contributed by atoms with Crippen molar-refractivity contribution in [3.63, 3.8) is 0 Å². The quantitative estimate of drug-likeness (QED) is 0.830. The Morgan fingerprint density at radius 2 is 2.04 bits per heavy atom. The average molecular weight is 359 g/mol. The Balaban J connectivity index is 1.98. The van der Waals surface area contributed by atoms with Crippen molar-refractivity contribution in [2.45, 2.75) is 45.0 Å². The van der Waals surface area contributed by atoms with Gasteiger partial charge >= 0.3 is 6.03 Å². The summed E-state index contributed by atoms with van der Waals surface area (Å²) >= 11 is 5.95. The molecule has 24 heavy (non-hydrogen) atoms. The largest absolute Gasteiger partial charge is 0.489 e. The van der Waals surface area contributed by atoms with E-state index in [2.05, 4.69) is 0 Å². The van der Waals surface area contributed by atoms with E-state index >= 15 is 0 Å². The van der Waals surface area contributed by atoms with Gasteiger partial charge in [-0.1, -0.05) is 11.6 Å². The molecule has 5 nitrogen and oxygen atoms in total. The molecule has 0 radical (unpaired) electrons. The summed E-state index contributed by atoms with van der Waals surface area (Å²) in [5, 5.41) is 0.0460. The second kappa shape index (κ2) is 6.20. The molecule has 0 aliphatic carbocycles. The lowest BCUT2D eigenvalue weighted by atomic mass is 10.1. The van der Waals surface area contributed by atoms with Gasteiger partial charge < -0.3 is 9.64 Å². The lowest BCUT2D eigenvalue weighted by molar-refractivity contribution is -0.120. The molecular formula is C16H17ClF2N2O3. The maximum Gasteiger partial charge on any atom is 0.331 e. The number of rotatable bonds is 3. The third-order valence-corrected chi connectivity index (χ3v) is 4.43. The number of carbonyl (C=O) groups excluding carboxylic acids is 2. The summed E-state index contributed by atoms with van der Waals surface area (Å²) in [5.41, 5.74) is -0.231. The number of ether oxygens (including phenoxy) is 1. The maximum absolute atomic E-state index is 14.3. The first-order valence-electron chi connectivity index (χ1n) is 7.73. The van der Waals surface area contributed by atoms with Gasteiger partial charge in [-0.2, -0.15) is 0 Å². The van der Waals surface area contributed by atoms with E-state index in [-0.39, 0.29) is 41.9 Å². The minimum Gasteiger partial charge on any atom is -0.489 e. The molecule has 8 heteroatoms. The second-order valence-electron chi connectivity index (χ2n) is 6.18. The molecule has 0 spiro atoms. The van der Waals surface area contributed by atoms with Gasteiger partial charge in [-0.15, -0.1) is 0 Å². The predicted molar refractivity (Wildman–Crippen MR) is 84.7 cm³/mol. The predicted octanol–water partition coefficient (Wildman–Crippen LogP) is 3.54. The number of fused-ring (bicyclic) bond motifs is 1. The van der Waals surface area contributed by atoms with Gasteiger partial charge in [0.05, 0.1) is 29.3 Å². The molecule has 2 saturated heterocycles. The smallest absolute Gasteiger partial charge is 0.331 e. The van der Waals surface area contributed by atoms with E-state index in [1.54, 1.807) is 13.8 Å². The molecule has 3 amide bonds. The summed E-state index contributed by atoms with van der Waals surface area (Å²) in [5.74, 6) is -1.27. The standard InChI is InChI=1S/C16H17ClF2N2O3/c1-8(2)24-14-6-13(11(19)5-9(14)17)21-15(22)7-12-10(18)3-4-20(12)16(21)23/h5-6,8,10,12H,3-4,7H2,1-2H3/t10-,12?/m1/s1. The normalized spacial score (nSPS) is 23.9. The zero-order chi connectivity index (χ0) is 17.6. The highest BCUT2D eigenvalue weighted by Crippen LogP contribution is 2.37. The number of alkyl halides is 1. The molecular weight excluding hydrogens is 342 g/mol. The zero-order valence-corrected chi connectivity index (χ0v) is 14.0. The molecule has 2 heterocycles. The summed E-state index contributed by atoms with van der Waals surface area (Å²) in [6, 6.07) is 0.760. The Labute approximate surface area is 143 Å². The van der Waals surface area contributed by atoms with Crippen molar-refractivity contribution < 1.29 is 23.1 Å². The van der Waals surface area contributed by atoms with Crippen LogP contribution < -0.4 is 9.64 Å². The molecule has 2 fully saturated rings. The number of hydrogen-bond acceptors (Lipinski definition) is 3. The fraction of sp³-hybridized carbons (Fsp3) is 0.500. The number of benzene rings is 1. The van der Waals surface area contributed by atoms with Gasteiger partial charge in [0.1, 0.15) is 17.7 Å². The van der Waals surface area contributed by atoms with Crippen molar-refractivity contribution in [3.8, 4) is 5.75 Å². The fourth-order valence-corrected chi connectivity index (χ4v) is 3.26. The number of imide groups is 1. The summed E-state index contributed by atoms with van der Waals surface area (Å²) in [6.45, 7) is 3.75. The van der Waals surface area contributed by atoms with Gasteiger partial charge in [0.15, 0.2) is 0 Å². The summed E-state index contributed by atoms with van der Waals surface area (Å²) in [7, 11) is 0. The Bertz CT molecular complexity index is 698. The van der Waals surface area contributed by atoms with Gasteiger partial charge in [0.2, 0.25) is 5.91 Å². The number of nitrogens with zero attached hydrogens (tertiary/aromatic N) is 2. The molecule has 1 aromatic carbocycles. The van der Waals surface area contributed by atoms with Crippen LogP contribution in [0.2, 0.25) is 5.02 Å². The van der Waals surface area contributed by atoms with Crippen LogP contribution in [-0.2, 0) is 4.79 Å². The second-order valence-corrected chi connectivity index (χ2v) is 6.59. The maximum atomic E-state index is 14.3. The minimum atomic E-state index is -1.23. The van der Waals surface area contributed by atoms with E-state index in [1.165, 1.54) is 11.0 Å². The molecule has 0 aromatic heterocycles. The lowest BCUT2D eigenvalue weighted by Crippen LogP contribution is -2.56. The average Bonchev–Trinajstić information content (AvgIpc) is 2.85. The number of hydrogen-bond donors (Lipinski definition) is 0. The van der Waals surface area contributed by atoms with E-state index in [4.69, 9.17) is 16.3 Å². The lowest BCUT2D eigenvalue weighted by Gasteiger charge is -2.36. The van der Waals surface area contributed by atoms with Crippen LogP contribution in [0.15, 0.2) is 12.1 Å². The molecule has 1 aromatic rings. The summed E-state index contributed by atoms with van der Waals surface area (Å²) in [4.78, 5) is 26.9. The highest BCUT2D eigenvalue weighted by atomic mass is 35.5. The molecule has 1 unspecified atom stereocenters. The summed E-state index contributed by atoms with van der Waals surface area (Å²) in [6.07, 6.45) is -1.43. The van der Waals surface area contributed by atoms with Crippen molar-refractivity contribution in [2.75, 3.05) is 11.4 Å². The number of amides is 3. The Hall–Kier alpha value is -1.89. The van der Waals surface area contributed by atoms with Gasteiger partial charge in [-0.05, 0) is 26.3 Å². The van der Waals surface area contributed by atoms with Crippen molar-refractivity contribution in [1.29, 1.82) is 0 Å². The number of anilines is 1.